The molecule has 0 saturated carbocycles. The van der Waals surface area contributed by atoms with Gasteiger partial charge in [-0.15, -0.1) is 0 Å². The number of nitrogens with zero attached hydrogens (tertiary/aromatic N) is 2. The van der Waals surface area contributed by atoms with Crippen LogP contribution in [0.2, 0.25) is 0 Å². The van der Waals surface area contributed by atoms with E-state index in [0.29, 0.717) is 11.4 Å². The molecule has 144 valence electrons. The van der Waals surface area contributed by atoms with E-state index in [1.807, 2.05) is 64.2 Å². The lowest BCUT2D eigenvalue weighted by molar-refractivity contribution is 0.301. The van der Waals surface area contributed by atoms with Gasteiger partial charge < -0.3 is 9.47 Å². The van der Waals surface area contributed by atoms with E-state index in [1.165, 1.54) is 0 Å². The number of benzene rings is 2. The number of para-hydroxylation sites is 1. The predicted octanol–water partition coefficient (Wildman–Crippen LogP) is 3.38. The molecule has 0 spiro atoms. The summed E-state index contributed by atoms with van der Waals surface area (Å²) >= 11 is 0. The van der Waals surface area contributed by atoms with Crippen molar-refractivity contribution in [1.82, 2.24) is 14.2 Å². The molecule has 0 saturated heterocycles. The van der Waals surface area contributed by atoms with Crippen molar-refractivity contribution in [1.29, 1.82) is 0 Å². The molecular weight excluding hydrogens is 358 g/mol. The van der Waals surface area contributed by atoms with Crippen molar-refractivity contribution >= 4 is 20.9 Å². The Morgan fingerprint density at radius 3 is 2.48 bits per heavy atom. The first kappa shape index (κ1) is 19.6. The predicted molar refractivity (Wildman–Crippen MR) is 110 cm³/mol. The molecule has 0 fully saturated rings. The number of aryl methyl sites for hydroxylation is 3. The highest BCUT2D eigenvalue weighted by Crippen LogP contribution is 2.28. The smallest absolute Gasteiger partial charge is 0.240 e. The number of likely N-dealkylation sites (N-methyl/N-ethyl adjacent to an activating group) is 1. The Kier molecular flexibility index (Phi) is 5.42. The van der Waals surface area contributed by atoms with Gasteiger partial charge in [0.15, 0.2) is 0 Å². The van der Waals surface area contributed by atoms with E-state index in [9.17, 15) is 8.42 Å². The molecule has 6 heteroatoms. The average molecular weight is 386 g/mol. The van der Waals surface area contributed by atoms with Crippen LogP contribution in [0.3, 0.4) is 0 Å². The average Bonchev–Trinajstić information content (AvgIpc) is 2.91. The van der Waals surface area contributed by atoms with Crippen LogP contribution in [0.15, 0.2) is 53.6 Å². The lowest BCUT2D eigenvalue weighted by Gasteiger charge is -2.24. The Morgan fingerprint density at radius 1 is 1.11 bits per heavy atom. The lowest BCUT2D eigenvalue weighted by atomic mass is 10.1. The van der Waals surface area contributed by atoms with Gasteiger partial charge in [0, 0.05) is 36.7 Å². The summed E-state index contributed by atoms with van der Waals surface area (Å²) in [6.45, 7) is 4.09. The zero-order valence-corrected chi connectivity index (χ0v) is 17.3. The first-order valence-electron chi connectivity index (χ1n) is 8.98. The molecule has 0 aliphatic rings. The molecule has 0 amide bonds. The maximum Gasteiger partial charge on any atom is 0.240 e. The molecule has 1 aromatic heterocycles. The highest BCUT2D eigenvalue weighted by atomic mass is 32.2. The van der Waals surface area contributed by atoms with Gasteiger partial charge in [-0.1, -0.05) is 35.9 Å². The van der Waals surface area contributed by atoms with Crippen molar-refractivity contribution in [3.05, 3.63) is 65.4 Å². The summed E-state index contributed by atoms with van der Waals surface area (Å²) in [6.07, 6.45) is 2.08. The Balaban J connectivity index is 1.91. The Labute approximate surface area is 161 Å². The van der Waals surface area contributed by atoms with Gasteiger partial charge in [-0.3, -0.25) is 0 Å². The Morgan fingerprint density at radius 2 is 1.81 bits per heavy atom. The van der Waals surface area contributed by atoms with Gasteiger partial charge in [0.05, 0.1) is 4.90 Å². The fourth-order valence-corrected chi connectivity index (χ4v) is 4.84. The van der Waals surface area contributed by atoms with Gasteiger partial charge in [-0.05, 0) is 51.2 Å². The Hall–Kier alpha value is -2.15. The standard InChI is InChI=1S/C21H27N3O2S/c1-15-10-11-21(16(2)12-15)27(25,26)22-13-20(23(3)4)18-14-24(5)19-9-7-6-8-17(18)19/h6-12,14,20,22H,13H2,1-5H3/t20-/m0/s1. The molecule has 2 aromatic carbocycles. The zero-order valence-electron chi connectivity index (χ0n) is 16.5. The van der Waals surface area contributed by atoms with Crippen LogP contribution in [0.5, 0.6) is 0 Å². The quantitative estimate of drug-likeness (QED) is 0.708. The summed E-state index contributed by atoms with van der Waals surface area (Å²) in [7, 11) is 2.38. The van der Waals surface area contributed by atoms with Crippen LogP contribution in [0.1, 0.15) is 22.7 Å². The summed E-state index contributed by atoms with van der Waals surface area (Å²) in [6, 6.07) is 13.5. The number of aromatic nitrogens is 1. The second kappa shape index (κ2) is 7.46. The van der Waals surface area contributed by atoms with E-state index in [0.717, 1.165) is 27.6 Å². The van der Waals surface area contributed by atoms with Crippen molar-refractivity contribution in [2.75, 3.05) is 20.6 Å². The van der Waals surface area contributed by atoms with Crippen LogP contribution < -0.4 is 4.72 Å². The van der Waals surface area contributed by atoms with E-state index in [2.05, 4.69) is 27.6 Å². The second-order valence-electron chi connectivity index (χ2n) is 7.31. The topological polar surface area (TPSA) is 54.3 Å². The number of hydrogen-bond donors (Lipinski definition) is 1. The van der Waals surface area contributed by atoms with E-state index < -0.39 is 10.0 Å². The lowest BCUT2D eigenvalue weighted by Crippen LogP contribution is -2.34. The van der Waals surface area contributed by atoms with E-state index in [-0.39, 0.29) is 6.04 Å². The van der Waals surface area contributed by atoms with Gasteiger partial charge in [0.2, 0.25) is 10.0 Å². The molecule has 0 aliphatic carbocycles. The normalized spacial score (nSPS) is 13.4. The van der Waals surface area contributed by atoms with Crippen LogP contribution in [0.25, 0.3) is 10.9 Å². The molecule has 1 atom stereocenters. The SMILES string of the molecule is Cc1ccc(S(=O)(=O)NC[C@@H](c2cn(C)c3ccccc23)N(C)C)c(C)c1. The first-order valence-corrected chi connectivity index (χ1v) is 10.5. The van der Waals surface area contributed by atoms with Crippen LogP contribution in [0.4, 0.5) is 0 Å². The maximum atomic E-state index is 12.9. The van der Waals surface area contributed by atoms with Crippen LogP contribution >= 0.6 is 0 Å². The second-order valence-corrected chi connectivity index (χ2v) is 9.05. The summed E-state index contributed by atoms with van der Waals surface area (Å²) < 4.78 is 30.6. The monoisotopic (exact) mass is 385 g/mol. The van der Waals surface area contributed by atoms with Crippen LogP contribution in [-0.2, 0) is 17.1 Å². The summed E-state index contributed by atoms with van der Waals surface area (Å²) in [4.78, 5) is 2.38. The van der Waals surface area contributed by atoms with Crippen LogP contribution in [0, 0.1) is 13.8 Å². The molecule has 3 aromatic rings. The van der Waals surface area contributed by atoms with Crippen molar-refractivity contribution in [3.8, 4) is 0 Å². The number of fused-ring (bicyclic) bond motifs is 1. The minimum atomic E-state index is -3.57. The number of nitrogens with one attached hydrogen (secondary N) is 1. The van der Waals surface area contributed by atoms with Gasteiger partial charge in [-0.2, -0.15) is 0 Å². The molecule has 0 aliphatic heterocycles. The van der Waals surface area contributed by atoms with Gasteiger partial charge in [0.25, 0.3) is 0 Å². The number of sulfonamides is 1. The molecule has 1 N–H and O–H groups in total. The molecule has 5 nitrogen and oxygen atoms in total. The van der Waals surface area contributed by atoms with Crippen molar-refractivity contribution in [3.63, 3.8) is 0 Å². The van der Waals surface area contributed by atoms with E-state index >= 15 is 0 Å². The summed E-state index contributed by atoms with van der Waals surface area (Å²) in [5.74, 6) is 0. The molecule has 0 radical (unpaired) electrons. The molecule has 0 unspecified atom stereocenters. The number of hydrogen-bond acceptors (Lipinski definition) is 3. The molecular formula is C21H27N3O2S. The Bertz CT molecular complexity index is 1070. The minimum absolute atomic E-state index is 0.0726. The summed E-state index contributed by atoms with van der Waals surface area (Å²) in [5.41, 5.74) is 4.06. The molecule has 27 heavy (non-hydrogen) atoms. The van der Waals surface area contributed by atoms with E-state index in [1.54, 1.807) is 6.07 Å². The van der Waals surface area contributed by atoms with Crippen molar-refractivity contribution < 1.29 is 8.42 Å². The minimum Gasteiger partial charge on any atom is -0.350 e. The maximum absolute atomic E-state index is 12.9. The van der Waals surface area contributed by atoms with E-state index in [4.69, 9.17) is 0 Å². The molecule has 1 heterocycles. The van der Waals surface area contributed by atoms with Crippen molar-refractivity contribution in [2.24, 2.45) is 7.05 Å². The first-order chi connectivity index (χ1) is 12.7. The highest BCUT2D eigenvalue weighted by Gasteiger charge is 2.23. The van der Waals surface area contributed by atoms with Crippen LogP contribution in [-0.4, -0.2) is 38.5 Å². The summed E-state index contributed by atoms with van der Waals surface area (Å²) in [5, 5.41) is 1.14. The third-order valence-electron chi connectivity index (χ3n) is 5.00. The van der Waals surface area contributed by atoms with Gasteiger partial charge in [0.1, 0.15) is 0 Å². The third-order valence-corrected chi connectivity index (χ3v) is 6.58. The third kappa shape index (κ3) is 3.93. The molecule has 3 rings (SSSR count). The van der Waals surface area contributed by atoms with Gasteiger partial charge in [-0.25, -0.2) is 13.1 Å². The highest BCUT2D eigenvalue weighted by molar-refractivity contribution is 7.89. The fraction of sp³-hybridized carbons (Fsp3) is 0.333. The molecule has 0 bridgehead atoms. The zero-order chi connectivity index (χ0) is 19.8. The number of rotatable bonds is 6. The van der Waals surface area contributed by atoms with Gasteiger partial charge >= 0.3 is 0 Å². The largest absolute Gasteiger partial charge is 0.350 e. The van der Waals surface area contributed by atoms with Crippen molar-refractivity contribution in [2.45, 2.75) is 24.8 Å². The fourth-order valence-electron chi connectivity index (χ4n) is 3.58.